The first-order valence-corrected chi connectivity index (χ1v) is 3.56. The second-order valence-corrected chi connectivity index (χ2v) is 2.39. The van der Waals surface area contributed by atoms with E-state index < -0.39 is 0 Å². The maximum absolute atomic E-state index is 5.68. The summed E-state index contributed by atoms with van der Waals surface area (Å²) in [6.07, 6.45) is 5.00. The number of nitrogens with two attached hydrogens (primary N) is 1. The number of hydrogen-bond donors (Lipinski definition) is 2. The fourth-order valence-corrected chi connectivity index (χ4v) is 0.849. The molecule has 0 bridgehead atoms. The molecule has 0 aromatic heterocycles. The van der Waals surface area contributed by atoms with Crippen LogP contribution in [0.3, 0.4) is 0 Å². The highest BCUT2D eigenvalue weighted by molar-refractivity contribution is 5.86. The van der Waals surface area contributed by atoms with Gasteiger partial charge in [0.2, 0.25) is 0 Å². The molecule has 3 N–H and O–H groups in total. The van der Waals surface area contributed by atoms with Crippen molar-refractivity contribution in [3.05, 3.63) is 12.3 Å². The minimum Gasteiger partial charge on any atom is -0.394 e. The SMILES string of the molecule is CN/C=C\C(N)=[N+]1CCC1. The van der Waals surface area contributed by atoms with E-state index in [1.165, 1.54) is 6.42 Å². The van der Waals surface area contributed by atoms with Crippen molar-refractivity contribution in [2.75, 3.05) is 20.1 Å². The predicted octanol–water partition coefficient (Wildman–Crippen LogP) is -0.507. The Morgan fingerprint density at radius 3 is 2.70 bits per heavy atom. The van der Waals surface area contributed by atoms with Crippen molar-refractivity contribution in [1.82, 2.24) is 5.32 Å². The zero-order chi connectivity index (χ0) is 7.40. The maximum Gasteiger partial charge on any atom is 0.268 e. The summed E-state index contributed by atoms with van der Waals surface area (Å²) in [4.78, 5) is 0. The highest BCUT2D eigenvalue weighted by atomic mass is 15.1. The van der Waals surface area contributed by atoms with E-state index in [9.17, 15) is 0 Å². The van der Waals surface area contributed by atoms with Crippen molar-refractivity contribution >= 4 is 5.84 Å². The van der Waals surface area contributed by atoms with Gasteiger partial charge in [0.25, 0.3) is 5.84 Å². The van der Waals surface area contributed by atoms with Gasteiger partial charge in [0.1, 0.15) is 0 Å². The van der Waals surface area contributed by atoms with Gasteiger partial charge in [-0.15, -0.1) is 0 Å². The van der Waals surface area contributed by atoms with Gasteiger partial charge in [0.05, 0.1) is 13.1 Å². The van der Waals surface area contributed by atoms with Gasteiger partial charge in [0.15, 0.2) is 0 Å². The smallest absolute Gasteiger partial charge is 0.268 e. The molecule has 0 aliphatic carbocycles. The average Bonchev–Trinajstić information content (AvgIpc) is 1.79. The van der Waals surface area contributed by atoms with Crippen LogP contribution in [0.15, 0.2) is 12.3 Å². The highest BCUT2D eigenvalue weighted by Gasteiger charge is 2.13. The molecule has 10 heavy (non-hydrogen) atoms. The van der Waals surface area contributed by atoms with Crippen molar-refractivity contribution in [2.45, 2.75) is 6.42 Å². The standard InChI is InChI=1S/C7H13N3/c1-9-4-3-7(8)10-5-2-6-10/h3-4H,2,5-6H2,1H3,(H2,8,9)/p+1. The number of amidine groups is 1. The molecule has 1 aliphatic rings. The van der Waals surface area contributed by atoms with Gasteiger partial charge in [-0.3, -0.25) is 10.3 Å². The third-order valence-electron chi connectivity index (χ3n) is 1.64. The molecule has 0 radical (unpaired) electrons. The molecule has 1 aliphatic heterocycles. The second-order valence-electron chi connectivity index (χ2n) is 2.39. The van der Waals surface area contributed by atoms with Gasteiger partial charge in [-0.1, -0.05) is 0 Å². The molecule has 56 valence electrons. The third-order valence-corrected chi connectivity index (χ3v) is 1.64. The minimum atomic E-state index is 0.862. The molecule has 1 rings (SSSR count). The lowest BCUT2D eigenvalue weighted by Gasteiger charge is -2.15. The first-order valence-electron chi connectivity index (χ1n) is 3.56. The summed E-state index contributed by atoms with van der Waals surface area (Å²) < 4.78 is 2.15. The van der Waals surface area contributed by atoms with Crippen LogP contribution < -0.4 is 11.1 Å². The second kappa shape index (κ2) is 3.25. The van der Waals surface area contributed by atoms with Gasteiger partial charge in [-0.05, 0) is 0 Å². The molecule has 0 aromatic carbocycles. The molecule has 0 amide bonds. The molecular weight excluding hydrogens is 126 g/mol. The average molecular weight is 140 g/mol. The number of hydrogen-bond acceptors (Lipinski definition) is 1. The van der Waals surface area contributed by atoms with Crippen molar-refractivity contribution in [2.24, 2.45) is 5.73 Å². The van der Waals surface area contributed by atoms with Crippen LogP contribution in [-0.2, 0) is 0 Å². The Morgan fingerprint density at radius 2 is 2.30 bits per heavy atom. The van der Waals surface area contributed by atoms with Crippen molar-refractivity contribution in [3.63, 3.8) is 0 Å². The van der Waals surface area contributed by atoms with Crippen LogP contribution in [-0.4, -0.2) is 30.5 Å². The highest BCUT2D eigenvalue weighted by Crippen LogP contribution is 1.96. The van der Waals surface area contributed by atoms with Crippen LogP contribution in [0.5, 0.6) is 0 Å². The summed E-state index contributed by atoms with van der Waals surface area (Å²) >= 11 is 0. The van der Waals surface area contributed by atoms with Crippen LogP contribution in [0.25, 0.3) is 0 Å². The fourth-order valence-electron chi connectivity index (χ4n) is 0.849. The molecule has 3 nitrogen and oxygen atoms in total. The lowest BCUT2D eigenvalue weighted by Crippen LogP contribution is -2.36. The fraction of sp³-hybridized carbons (Fsp3) is 0.571. The van der Waals surface area contributed by atoms with Crippen molar-refractivity contribution in [3.8, 4) is 0 Å². The maximum atomic E-state index is 5.68. The van der Waals surface area contributed by atoms with Gasteiger partial charge in [-0.2, -0.15) is 0 Å². The van der Waals surface area contributed by atoms with E-state index in [-0.39, 0.29) is 0 Å². The molecular formula is C7H14N3+. The van der Waals surface area contributed by atoms with Gasteiger partial charge in [-0.25, -0.2) is 0 Å². The summed E-state index contributed by atoms with van der Waals surface area (Å²) in [5.41, 5.74) is 5.68. The normalized spacial score (nSPS) is 17.1. The Morgan fingerprint density at radius 1 is 1.60 bits per heavy atom. The Kier molecular flexibility index (Phi) is 2.31. The molecule has 0 unspecified atom stereocenters. The lowest BCUT2D eigenvalue weighted by atomic mass is 10.2. The Labute approximate surface area is 61.2 Å². The van der Waals surface area contributed by atoms with Crippen molar-refractivity contribution < 1.29 is 4.58 Å². The lowest BCUT2D eigenvalue weighted by molar-refractivity contribution is -0.583. The van der Waals surface area contributed by atoms with Crippen LogP contribution >= 0.6 is 0 Å². The zero-order valence-electron chi connectivity index (χ0n) is 6.30. The van der Waals surface area contributed by atoms with E-state index in [4.69, 9.17) is 5.73 Å². The largest absolute Gasteiger partial charge is 0.394 e. The third kappa shape index (κ3) is 1.50. The van der Waals surface area contributed by atoms with E-state index in [1.807, 2.05) is 19.3 Å². The Hall–Kier alpha value is -0.990. The van der Waals surface area contributed by atoms with E-state index in [1.54, 1.807) is 0 Å². The van der Waals surface area contributed by atoms with E-state index in [0.29, 0.717) is 0 Å². The van der Waals surface area contributed by atoms with Gasteiger partial charge < -0.3 is 5.32 Å². The molecule has 0 aromatic rings. The monoisotopic (exact) mass is 140 g/mol. The Bertz CT molecular complexity index is 164. The quantitative estimate of drug-likeness (QED) is 0.401. The van der Waals surface area contributed by atoms with Gasteiger partial charge in [0, 0.05) is 25.7 Å². The summed E-state index contributed by atoms with van der Waals surface area (Å²) in [5.74, 6) is 0.862. The van der Waals surface area contributed by atoms with Gasteiger partial charge >= 0.3 is 0 Å². The molecule has 1 saturated heterocycles. The van der Waals surface area contributed by atoms with E-state index in [2.05, 4.69) is 9.89 Å². The molecule has 1 fully saturated rings. The first kappa shape index (κ1) is 7.12. The summed E-state index contributed by atoms with van der Waals surface area (Å²) in [5, 5.41) is 2.89. The first-order chi connectivity index (χ1) is 4.84. The number of nitrogens with zero attached hydrogens (tertiary/aromatic N) is 1. The molecule has 0 saturated carbocycles. The van der Waals surface area contributed by atoms with Crippen LogP contribution in [0.1, 0.15) is 6.42 Å². The Balaban J connectivity index is 2.46. The molecule has 0 spiro atoms. The summed E-state index contributed by atoms with van der Waals surface area (Å²) in [6, 6.07) is 0. The predicted molar refractivity (Wildman–Crippen MR) is 42.0 cm³/mol. The number of nitrogens with one attached hydrogen (secondary N) is 1. The molecule has 0 atom stereocenters. The zero-order valence-corrected chi connectivity index (χ0v) is 6.30. The van der Waals surface area contributed by atoms with E-state index in [0.717, 1.165) is 18.9 Å². The molecule has 1 heterocycles. The summed E-state index contributed by atoms with van der Waals surface area (Å²) in [6.45, 7) is 2.22. The van der Waals surface area contributed by atoms with Crippen LogP contribution in [0, 0.1) is 0 Å². The van der Waals surface area contributed by atoms with E-state index >= 15 is 0 Å². The van der Waals surface area contributed by atoms with Crippen LogP contribution in [0.4, 0.5) is 0 Å². The summed E-state index contributed by atoms with van der Waals surface area (Å²) in [7, 11) is 1.86. The van der Waals surface area contributed by atoms with Crippen molar-refractivity contribution in [1.29, 1.82) is 0 Å². The molecule has 3 heteroatoms. The minimum absolute atomic E-state index is 0.862. The van der Waals surface area contributed by atoms with Crippen LogP contribution in [0.2, 0.25) is 0 Å². The number of rotatable bonds is 2. The topological polar surface area (TPSA) is 41.1 Å².